The third-order valence-corrected chi connectivity index (χ3v) is 3.86. The Labute approximate surface area is 137 Å². The van der Waals surface area contributed by atoms with Crippen LogP contribution >= 0.6 is 0 Å². The maximum absolute atomic E-state index is 3.91. The number of hydrogen-bond donors (Lipinski definition) is 0. The lowest BCUT2D eigenvalue weighted by Crippen LogP contribution is -2.44. The smallest absolute Gasteiger partial charge is 0.148 e. The molecular formula is C21H21N2+. The van der Waals surface area contributed by atoms with E-state index < -0.39 is 0 Å². The summed E-state index contributed by atoms with van der Waals surface area (Å²) in [5.41, 5.74) is 4.78. The molecule has 3 rings (SSSR count). The molecule has 0 saturated carbocycles. The highest BCUT2D eigenvalue weighted by Gasteiger charge is 2.23. The molecule has 0 aliphatic carbocycles. The average molecular weight is 301 g/mol. The van der Waals surface area contributed by atoms with E-state index >= 15 is 0 Å². The Hall–Kier alpha value is -2.87. The van der Waals surface area contributed by atoms with E-state index in [4.69, 9.17) is 0 Å². The summed E-state index contributed by atoms with van der Waals surface area (Å²) < 4.78 is 4.51. The van der Waals surface area contributed by atoms with Crippen molar-refractivity contribution < 1.29 is 4.68 Å². The third kappa shape index (κ3) is 3.02. The second-order valence-electron chi connectivity index (χ2n) is 5.39. The van der Waals surface area contributed by atoms with Crippen molar-refractivity contribution in [3.63, 3.8) is 0 Å². The Bertz CT molecular complexity index is 731. The molecule has 0 radical (unpaired) electrons. The van der Waals surface area contributed by atoms with Crippen molar-refractivity contribution in [3.05, 3.63) is 92.0 Å². The number of rotatable bonds is 6. The maximum Gasteiger partial charge on any atom is 0.239 e. The van der Waals surface area contributed by atoms with Crippen LogP contribution in [0.3, 0.4) is 0 Å². The second kappa shape index (κ2) is 6.93. The quantitative estimate of drug-likeness (QED) is 0.469. The molecule has 0 spiro atoms. The van der Waals surface area contributed by atoms with E-state index in [1.807, 2.05) is 24.3 Å². The van der Waals surface area contributed by atoms with Crippen LogP contribution < -0.4 is 4.68 Å². The van der Waals surface area contributed by atoms with Gasteiger partial charge in [0.25, 0.3) is 0 Å². The highest BCUT2D eigenvalue weighted by Crippen LogP contribution is 2.25. The first-order valence-electron chi connectivity index (χ1n) is 7.81. The summed E-state index contributed by atoms with van der Waals surface area (Å²) in [6.45, 7) is 9.34. The number of aromatic nitrogens is 2. The van der Waals surface area contributed by atoms with Gasteiger partial charge in [-0.25, -0.2) is 0 Å². The van der Waals surface area contributed by atoms with Crippen LogP contribution in [0.2, 0.25) is 0 Å². The lowest BCUT2D eigenvalue weighted by molar-refractivity contribution is -0.755. The van der Waals surface area contributed by atoms with Gasteiger partial charge in [0.2, 0.25) is 5.69 Å². The predicted molar refractivity (Wildman–Crippen MR) is 95.9 cm³/mol. The third-order valence-electron chi connectivity index (χ3n) is 3.86. The number of allylic oxidation sites excluding steroid dienone is 2. The van der Waals surface area contributed by atoms with Gasteiger partial charge in [-0.15, -0.1) is 15.9 Å². The monoisotopic (exact) mass is 301 g/mol. The molecule has 0 amide bonds. The molecule has 2 nitrogen and oxygen atoms in total. The zero-order valence-electron chi connectivity index (χ0n) is 13.2. The Kier molecular flexibility index (Phi) is 4.53. The lowest BCUT2D eigenvalue weighted by Gasteiger charge is -2.05. The molecule has 2 heteroatoms. The van der Waals surface area contributed by atoms with E-state index in [2.05, 4.69) is 77.1 Å². The van der Waals surface area contributed by atoms with Crippen LogP contribution in [0.5, 0.6) is 0 Å². The van der Waals surface area contributed by atoms with Crippen LogP contribution in [-0.2, 0) is 13.1 Å². The van der Waals surface area contributed by atoms with Crippen molar-refractivity contribution in [1.29, 1.82) is 0 Å². The summed E-state index contributed by atoms with van der Waals surface area (Å²) in [6, 6.07) is 23.2. The fraction of sp³-hybridized carbons (Fsp3) is 0.0952. The molecule has 1 aromatic heterocycles. The molecular weight excluding hydrogens is 280 g/mol. The van der Waals surface area contributed by atoms with Crippen LogP contribution in [0.15, 0.2) is 92.0 Å². The first-order chi connectivity index (χ1) is 11.3. The summed E-state index contributed by atoms with van der Waals surface area (Å²) in [5, 5.41) is 0. The van der Waals surface area contributed by atoms with Crippen molar-refractivity contribution in [2.45, 2.75) is 13.1 Å². The molecule has 3 aromatic rings. The summed E-state index contributed by atoms with van der Waals surface area (Å²) >= 11 is 0. The predicted octanol–water partition coefficient (Wildman–Crippen LogP) is 4.48. The van der Waals surface area contributed by atoms with E-state index in [-0.39, 0.29) is 0 Å². The molecule has 23 heavy (non-hydrogen) atoms. The second-order valence-corrected chi connectivity index (χ2v) is 5.39. The van der Waals surface area contributed by atoms with Gasteiger partial charge in [0.15, 0.2) is 6.54 Å². The minimum atomic E-state index is 0.755. The molecule has 2 aromatic carbocycles. The SMILES string of the molecule is C=CCn1c(-c2ccccc2)cc(-c2ccccc2)[n+]1CC=C. The van der Waals surface area contributed by atoms with Crippen LogP contribution in [0, 0.1) is 0 Å². The molecule has 114 valence electrons. The van der Waals surface area contributed by atoms with Gasteiger partial charge in [-0.1, -0.05) is 61.2 Å². The standard InChI is InChI=1S/C21H21N2/c1-3-15-22-20(18-11-7-5-8-12-18)17-21(23(22)16-4-2)19-13-9-6-10-14-19/h3-14,17H,1-2,15-16H2/q+1. The van der Waals surface area contributed by atoms with Gasteiger partial charge in [-0.3, -0.25) is 0 Å². The Morgan fingerprint density at radius 1 is 0.826 bits per heavy atom. The fourth-order valence-corrected chi connectivity index (χ4v) is 2.86. The molecule has 0 saturated heterocycles. The minimum absolute atomic E-state index is 0.755. The Morgan fingerprint density at radius 3 is 2.00 bits per heavy atom. The molecule has 0 atom stereocenters. The zero-order chi connectivity index (χ0) is 16.1. The van der Waals surface area contributed by atoms with Crippen molar-refractivity contribution in [1.82, 2.24) is 4.68 Å². The molecule has 0 bridgehead atoms. The largest absolute Gasteiger partial charge is 0.239 e. The van der Waals surface area contributed by atoms with E-state index in [1.54, 1.807) is 0 Å². The first-order valence-corrected chi connectivity index (χ1v) is 7.81. The summed E-state index contributed by atoms with van der Waals surface area (Å²) in [7, 11) is 0. The van der Waals surface area contributed by atoms with Crippen LogP contribution in [0.4, 0.5) is 0 Å². The number of hydrogen-bond acceptors (Lipinski definition) is 0. The first kappa shape index (κ1) is 15.0. The van der Waals surface area contributed by atoms with Crippen molar-refractivity contribution >= 4 is 0 Å². The molecule has 0 N–H and O–H groups in total. The molecule has 1 heterocycles. The van der Waals surface area contributed by atoms with Gasteiger partial charge in [0.05, 0.1) is 6.54 Å². The summed E-state index contributed by atoms with van der Waals surface area (Å²) in [6.07, 6.45) is 3.86. The van der Waals surface area contributed by atoms with Crippen molar-refractivity contribution in [3.8, 4) is 22.5 Å². The molecule has 0 aliphatic heterocycles. The molecule has 0 unspecified atom stereocenters. The van der Waals surface area contributed by atoms with Crippen molar-refractivity contribution in [2.75, 3.05) is 0 Å². The van der Waals surface area contributed by atoms with Gasteiger partial charge in [0.1, 0.15) is 5.69 Å². The minimum Gasteiger partial charge on any atom is -0.148 e. The van der Waals surface area contributed by atoms with Gasteiger partial charge in [-0.05, 0) is 18.2 Å². The normalized spacial score (nSPS) is 10.4. The molecule has 0 aliphatic rings. The zero-order valence-corrected chi connectivity index (χ0v) is 13.2. The van der Waals surface area contributed by atoms with Gasteiger partial charge in [0, 0.05) is 17.2 Å². The van der Waals surface area contributed by atoms with Gasteiger partial charge in [-0.2, -0.15) is 0 Å². The van der Waals surface area contributed by atoms with Crippen molar-refractivity contribution in [2.24, 2.45) is 0 Å². The summed E-state index contributed by atoms with van der Waals surface area (Å²) in [5.74, 6) is 0. The molecule has 0 fully saturated rings. The van der Waals surface area contributed by atoms with E-state index in [9.17, 15) is 0 Å². The van der Waals surface area contributed by atoms with E-state index in [0.717, 1.165) is 13.1 Å². The summed E-state index contributed by atoms with van der Waals surface area (Å²) in [4.78, 5) is 0. The topological polar surface area (TPSA) is 8.81 Å². The highest BCUT2D eigenvalue weighted by atomic mass is 15.4. The van der Waals surface area contributed by atoms with E-state index in [1.165, 1.54) is 22.5 Å². The maximum atomic E-state index is 3.91. The van der Waals surface area contributed by atoms with Gasteiger partial charge >= 0.3 is 0 Å². The van der Waals surface area contributed by atoms with Crippen LogP contribution in [0.25, 0.3) is 22.5 Å². The fourth-order valence-electron chi connectivity index (χ4n) is 2.86. The van der Waals surface area contributed by atoms with E-state index in [0.29, 0.717) is 0 Å². The number of benzene rings is 2. The average Bonchev–Trinajstić information content (AvgIpc) is 2.96. The van der Waals surface area contributed by atoms with Crippen LogP contribution in [0.1, 0.15) is 0 Å². The van der Waals surface area contributed by atoms with Gasteiger partial charge < -0.3 is 0 Å². The number of nitrogens with zero attached hydrogens (tertiary/aromatic N) is 2. The Balaban J connectivity index is 2.24. The Morgan fingerprint density at radius 2 is 1.43 bits per heavy atom. The van der Waals surface area contributed by atoms with Crippen LogP contribution in [-0.4, -0.2) is 4.68 Å². The lowest BCUT2D eigenvalue weighted by atomic mass is 10.1. The highest BCUT2D eigenvalue weighted by molar-refractivity contribution is 5.66.